The molecule has 0 radical (unpaired) electrons. The summed E-state index contributed by atoms with van der Waals surface area (Å²) >= 11 is 0. The van der Waals surface area contributed by atoms with Crippen LogP contribution < -0.4 is 5.32 Å². The van der Waals surface area contributed by atoms with Crippen LogP contribution in [0.15, 0.2) is 6.20 Å². The topological polar surface area (TPSA) is 56.1 Å². The predicted molar refractivity (Wildman–Crippen MR) is 84.9 cm³/mol. The number of amides is 1. The number of rotatable bonds is 5. The predicted octanol–water partition coefficient (Wildman–Crippen LogP) is 3.29. The average molecular weight is 359 g/mol. The molecule has 25 heavy (non-hydrogen) atoms. The molecule has 2 aliphatic carbocycles. The van der Waals surface area contributed by atoms with E-state index in [0.717, 1.165) is 42.3 Å². The highest BCUT2D eigenvalue weighted by Gasteiger charge is 2.31. The summed E-state index contributed by atoms with van der Waals surface area (Å²) in [7, 11) is 0. The fourth-order valence-electron chi connectivity index (χ4n) is 3.66. The molecule has 0 aromatic carbocycles. The number of aryl methyl sites for hydroxylation is 1. The van der Waals surface area contributed by atoms with E-state index in [1.165, 1.54) is 12.6 Å². The highest BCUT2D eigenvalue weighted by molar-refractivity contribution is 5.77. The van der Waals surface area contributed by atoms with Crippen LogP contribution in [0.4, 0.5) is 13.2 Å². The number of carbonyl (C=O) groups is 1. The number of hydrogen-bond acceptors (Lipinski definition) is 3. The standard InChI is InChI=1S/C17H24F3N3O2/c18-17(19,20)11-23-9-12-5-4-8-14(16(12)22-23)21-15(24)10-25-13-6-2-1-3-7-13/h9,13-14H,1-8,10-11H2,(H,21,24)/t14-/m1/s1. The molecule has 2 aliphatic rings. The lowest BCUT2D eigenvalue weighted by molar-refractivity contribution is -0.142. The second-order valence-electron chi connectivity index (χ2n) is 6.94. The highest BCUT2D eigenvalue weighted by Crippen LogP contribution is 2.29. The third kappa shape index (κ3) is 5.20. The molecule has 1 atom stereocenters. The molecule has 1 heterocycles. The van der Waals surface area contributed by atoms with Crippen molar-refractivity contribution in [2.75, 3.05) is 6.61 Å². The van der Waals surface area contributed by atoms with Crippen molar-refractivity contribution in [3.63, 3.8) is 0 Å². The van der Waals surface area contributed by atoms with Crippen LogP contribution in [0.2, 0.25) is 0 Å². The zero-order chi connectivity index (χ0) is 17.9. The van der Waals surface area contributed by atoms with Crippen molar-refractivity contribution in [1.29, 1.82) is 0 Å². The molecule has 1 N–H and O–H groups in total. The van der Waals surface area contributed by atoms with Crippen molar-refractivity contribution < 1.29 is 22.7 Å². The molecular weight excluding hydrogens is 335 g/mol. The van der Waals surface area contributed by atoms with Crippen molar-refractivity contribution in [3.8, 4) is 0 Å². The van der Waals surface area contributed by atoms with E-state index in [0.29, 0.717) is 18.5 Å². The molecule has 8 heteroatoms. The van der Waals surface area contributed by atoms with Gasteiger partial charge in [-0.1, -0.05) is 19.3 Å². The van der Waals surface area contributed by atoms with Crippen molar-refractivity contribution in [3.05, 3.63) is 17.5 Å². The van der Waals surface area contributed by atoms with E-state index in [-0.39, 0.29) is 24.7 Å². The Bertz CT molecular complexity index is 594. The first kappa shape index (κ1) is 18.2. The molecule has 0 spiro atoms. The first-order chi connectivity index (χ1) is 11.9. The molecule has 0 aliphatic heterocycles. The molecule has 1 saturated carbocycles. The van der Waals surface area contributed by atoms with Gasteiger partial charge in [-0.15, -0.1) is 0 Å². The molecule has 0 saturated heterocycles. The molecule has 1 aromatic rings. The smallest absolute Gasteiger partial charge is 0.368 e. The van der Waals surface area contributed by atoms with Crippen molar-refractivity contribution in [2.45, 2.75) is 76.2 Å². The normalized spacial score (nSPS) is 21.8. The number of ether oxygens (including phenoxy) is 1. The third-order valence-corrected chi connectivity index (χ3v) is 4.82. The Labute approximate surface area is 144 Å². The molecular formula is C17H24F3N3O2. The Morgan fingerprint density at radius 1 is 1.24 bits per heavy atom. The Morgan fingerprint density at radius 2 is 2.00 bits per heavy atom. The lowest BCUT2D eigenvalue weighted by Crippen LogP contribution is -2.35. The second kappa shape index (κ2) is 7.76. The molecule has 140 valence electrons. The molecule has 0 unspecified atom stereocenters. The Hall–Kier alpha value is -1.57. The zero-order valence-corrected chi connectivity index (χ0v) is 14.1. The van der Waals surface area contributed by atoms with Gasteiger partial charge < -0.3 is 10.1 Å². The molecule has 1 fully saturated rings. The molecule has 0 bridgehead atoms. The van der Waals surface area contributed by atoms with Gasteiger partial charge in [0.2, 0.25) is 5.91 Å². The van der Waals surface area contributed by atoms with E-state index in [1.54, 1.807) is 0 Å². The minimum atomic E-state index is -4.30. The van der Waals surface area contributed by atoms with Gasteiger partial charge in [-0.2, -0.15) is 18.3 Å². The van der Waals surface area contributed by atoms with Crippen LogP contribution in [0.1, 0.15) is 62.2 Å². The van der Waals surface area contributed by atoms with E-state index >= 15 is 0 Å². The van der Waals surface area contributed by atoms with Crippen LogP contribution >= 0.6 is 0 Å². The van der Waals surface area contributed by atoms with Gasteiger partial charge in [-0.25, -0.2) is 0 Å². The molecule has 3 rings (SSSR count). The minimum absolute atomic E-state index is 0.000238. The van der Waals surface area contributed by atoms with Crippen molar-refractivity contribution in [1.82, 2.24) is 15.1 Å². The lowest BCUT2D eigenvalue weighted by atomic mass is 9.94. The van der Waals surface area contributed by atoms with Gasteiger partial charge in [0, 0.05) is 6.20 Å². The van der Waals surface area contributed by atoms with E-state index in [9.17, 15) is 18.0 Å². The summed E-state index contributed by atoms with van der Waals surface area (Å²) in [6.07, 6.45) is 4.95. The van der Waals surface area contributed by atoms with Crippen molar-refractivity contribution in [2.24, 2.45) is 0 Å². The second-order valence-corrected chi connectivity index (χ2v) is 6.94. The maximum atomic E-state index is 12.5. The largest absolute Gasteiger partial charge is 0.408 e. The summed E-state index contributed by atoms with van der Waals surface area (Å²) in [5.74, 6) is -0.228. The highest BCUT2D eigenvalue weighted by atomic mass is 19.4. The summed E-state index contributed by atoms with van der Waals surface area (Å²) in [6, 6.07) is -0.333. The third-order valence-electron chi connectivity index (χ3n) is 4.82. The van der Waals surface area contributed by atoms with E-state index < -0.39 is 12.7 Å². The average Bonchev–Trinajstić information content (AvgIpc) is 2.95. The van der Waals surface area contributed by atoms with Crippen LogP contribution in [0.25, 0.3) is 0 Å². The van der Waals surface area contributed by atoms with Gasteiger partial charge in [0.15, 0.2) is 0 Å². The Kier molecular flexibility index (Phi) is 5.66. The Morgan fingerprint density at radius 3 is 2.72 bits per heavy atom. The molecule has 5 nitrogen and oxygen atoms in total. The maximum Gasteiger partial charge on any atom is 0.408 e. The van der Waals surface area contributed by atoms with Gasteiger partial charge in [0.05, 0.1) is 17.8 Å². The summed E-state index contributed by atoms with van der Waals surface area (Å²) in [6.45, 7) is -1.11. The number of hydrogen-bond donors (Lipinski definition) is 1. The van der Waals surface area contributed by atoms with Gasteiger partial charge in [-0.3, -0.25) is 9.48 Å². The van der Waals surface area contributed by atoms with Crippen molar-refractivity contribution >= 4 is 5.91 Å². The lowest BCUT2D eigenvalue weighted by Gasteiger charge is -2.24. The number of aromatic nitrogens is 2. The summed E-state index contributed by atoms with van der Waals surface area (Å²) in [5.41, 5.74) is 1.34. The zero-order valence-electron chi connectivity index (χ0n) is 14.1. The summed E-state index contributed by atoms with van der Waals surface area (Å²) < 4.78 is 44.2. The number of alkyl halides is 3. The van der Waals surface area contributed by atoms with E-state index in [1.807, 2.05) is 0 Å². The number of nitrogens with one attached hydrogen (secondary N) is 1. The van der Waals surface area contributed by atoms with Gasteiger partial charge in [0.1, 0.15) is 13.2 Å². The maximum absolute atomic E-state index is 12.5. The SMILES string of the molecule is O=C(COC1CCCCC1)N[C@@H]1CCCc2cn(CC(F)(F)F)nc21. The van der Waals surface area contributed by atoms with Gasteiger partial charge in [0.25, 0.3) is 0 Å². The van der Waals surface area contributed by atoms with E-state index in [2.05, 4.69) is 10.4 Å². The number of fused-ring (bicyclic) bond motifs is 1. The Balaban J connectivity index is 1.55. The summed E-state index contributed by atoms with van der Waals surface area (Å²) in [5, 5.41) is 6.93. The first-order valence-corrected chi connectivity index (χ1v) is 8.94. The van der Waals surface area contributed by atoms with Crippen LogP contribution in [0.5, 0.6) is 0 Å². The fourth-order valence-corrected chi connectivity index (χ4v) is 3.66. The molecule has 1 amide bonds. The van der Waals surface area contributed by atoms with Crippen LogP contribution in [-0.2, 0) is 22.5 Å². The summed E-state index contributed by atoms with van der Waals surface area (Å²) in [4.78, 5) is 12.1. The monoisotopic (exact) mass is 359 g/mol. The minimum Gasteiger partial charge on any atom is -0.368 e. The van der Waals surface area contributed by atoms with E-state index in [4.69, 9.17) is 4.74 Å². The number of nitrogens with zero attached hydrogens (tertiary/aromatic N) is 2. The van der Waals surface area contributed by atoms with Gasteiger partial charge >= 0.3 is 6.18 Å². The first-order valence-electron chi connectivity index (χ1n) is 8.94. The molecule has 1 aromatic heterocycles. The number of halogens is 3. The number of carbonyl (C=O) groups excluding carboxylic acids is 1. The fraction of sp³-hybridized carbons (Fsp3) is 0.765. The quantitative estimate of drug-likeness (QED) is 0.878. The van der Waals surface area contributed by atoms with Crippen LogP contribution in [0.3, 0.4) is 0 Å². The van der Waals surface area contributed by atoms with Gasteiger partial charge in [-0.05, 0) is 37.7 Å². The van der Waals surface area contributed by atoms with Crippen LogP contribution in [-0.4, -0.2) is 34.6 Å². The van der Waals surface area contributed by atoms with Crippen LogP contribution in [0, 0.1) is 0 Å².